The summed E-state index contributed by atoms with van der Waals surface area (Å²) in [5.41, 5.74) is 16.4. The average molecular weight is 548 g/mol. The van der Waals surface area contributed by atoms with Gasteiger partial charge in [-0.3, -0.25) is 24.2 Å². The second-order valence-corrected chi connectivity index (χ2v) is 9.91. The number of hydrogen-bond acceptors (Lipinski definition) is 8. The number of nitrogens with zero attached hydrogens (tertiary/aromatic N) is 1. The second kappa shape index (κ2) is 18.2. The lowest BCUT2D eigenvalue weighted by Gasteiger charge is -2.26. The van der Waals surface area contributed by atoms with Crippen molar-refractivity contribution in [2.75, 3.05) is 18.6 Å². The lowest BCUT2D eigenvalue weighted by atomic mass is 10.0. The van der Waals surface area contributed by atoms with Gasteiger partial charge < -0.3 is 43.4 Å². The minimum atomic E-state index is -1.35. The number of thioether (sulfide) groups is 1. The zero-order valence-corrected chi connectivity index (χ0v) is 22.4. The van der Waals surface area contributed by atoms with Crippen molar-refractivity contribution in [2.24, 2.45) is 28.1 Å². The molecule has 0 fully saturated rings. The number of aliphatic carboxylic acids is 2. The quantitative estimate of drug-likeness (QED) is 0.0528. The molecular weight excluding hydrogens is 506 g/mol. The van der Waals surface area contributed by atoms with Crippen molar-refractivity contribution in [1.82, 2.24) is 16.0 Å². The van der Waals surface area contributed by atoms with Gasteiger partial charge in [-0.2, -0.15) is 11.8 Å². The van der Waals surface area contributed by atoms with Crippen LogP contribution in [0.3, 0.4) is 0 Å². The van der Waals surface area contributed by atoms with Gasteiger partial charge in [0, 0.05) is 13.0 Å². The molecular formula is C22H41N7O7S. The molecule has 0 aliphatic rings. The molecule has 0 aliphatic heterocycles. The van der Waals surface area contributed by atoms with Gasteiger partial charge in [-0.1, -0.05) is 13.8 Å². The summed E-state index contributed by atoms with van der Waals surface area (Å²) in [5.74, 6) is -4.11. The average Bonchev–Trinajstić information content (AvgIpc) is 2.80. The molecule has 0 heterocycles. The third kappa shape index (κ3) is 15.6. The van der Waals surface area contributed by atoms with Crippen molar-refractivity contribution in [1.29, 1.82) is 0 Å². The van der Waals surface area contributed by atoms with E-state index in [2.05, 4.69) is 20.9 Å². The maximum Gasteiger partial charge on any atom is 0.326 e. The summed E-state index contributed by atoms with van der Waals surface area (Å²) in [6.07, 6.45) is 2.03. The molecule has 0 aromatic heterocycles. The molecule has 0 radical (unpaired) electrons. The molecule has 0 aromatic carbocycles. The summed E-state index contributed by atoms with van der Waals surface area (Å²) in [4.78, 5) is 64.9. The monoisotopic (exact) mass is 547 g/mol. The Morgan fingerprint density at radius 2 is 1.43 bits per heavy atom. The molecule has 0 aliphatic carbocycles. The van der Waals surface area contributed by atoms with Gasteiger partial charge in [-0.05, 0) is 50.0 Å². The summed E-state index contributed by atoms with van der Waals surface area (Å²) in [7, 11) is 0. The zero-order valence-electron chi connectivity index (χ0n) is 21.6. The Bertz CT molecular complexity index is 806. The maximum atomic E-state index is 13.1. The smallest absolute Gasteiger partial charge is 0.326 e. The lowest BCUT2D eigenvalue weighted by Crippen LogP contribution is -2.57. The van der Waals surface area contributed by atoms with E-state index in [0.29, 0.717) is 12.2 Å². The van der Waals surface area contributed by atoms with E-state index in [9.17, 15) is 29.1 Å². The van der Waals surface area contributed by atoms with Gasteiger partial charge in [0.1, 0.15) is 18.1 Å². The number of carbonyl (C=O) groups is 5. The highest BCUT2D eigenvalue weighted by atomic mass is 32.2. The van der Waals surface area contributed by atoms with E-state index in [4.69, 9.17) is 22.3 Å². The Hall–Kier alpha value is -3.07. The van der Waals surface area contributed by atoms with Crippen LogP contribution < -0.4 is 33.2 Å². The van der Waals surface area contributed by atoms with Crippen LogP contribution in [0.1, 0.15) is 52.4 Å². The van der Waals surface area contributed by atoms with Crippen molar-refractivity contribution in [2.45, 2.75) is 76.5 Å². The molecule has 0 spiro atoms. The predicted octanol–water partition coefficient (Wildman–Crippen LogP) is -1.43. The number of aliphatic imine (C=N–C) groups is 1. The van der Waals surface area contributed by atoms with Crippen LogP contribution in [0.2, 0.25) is 0 Å². The van der Waals surface area contributed by atoms with Crippen LogP contribution in [0.25, 0.3) is 0 Å². The highest BCUT2D eigenvalue weighted by molar-refractivity contribution is 7.98. The van der Waals surface area contributed by atoms with E-state index >= 15 is 0 Å². The van der Waals surface area contributed by atoms with E-state index in [1.165, 1.54) is 11.8 Å². The van der Waals surface area contributed by atoms with Crippen molar-refractivity contribution in [3.8, 4) is 0 Å². The third-order valence-electron chi connectivity index (χ3n) is 5.15. The van der Waals surface area contributed by atoms with Gasteiger partial charge in [0.2, 0.25) is 17.7 Å². The van der Waals surface area contributed by atoms with Crippen LogP contribution in [0.15, 0.2) is 4.99 Å². The summed E-state index contributed by atoms with van der Waals surface area (Å²) >= 11 is 1.53. The highest BCUT2D eigenvalue weighted by Gasteiger charge is 2.30. The molecule has 212 valence electrons. The van der Waals surface area contributed by atoms with Crippen LogP contribution in [0, 0.1) is 5.92 Å². The van der Waals surface area contributed by atoms with Gasteiger partial charge in [0.05, 0.1) is 6.04 Å². The number of hydrogen-bond donors (Lipinski definition) is 8. The molecule has 3 amide bonds. The first-order valence-electron chi connectivity index (χ1n) is 11.9. The summed E-state index contributed by atoms with van der Waals surface area (Å²) in [6.45, 7) is 3.83. The number of amides is 3. The Morgan fingerprint density at radius 1 is 0.865 bits per heavy atom. The molecule has 11 N–H and O–H groups in total. The molecule has 4 unspecified atom stereocenters. The Morgan fingerprint density at radius 3 is 1.95 bits per heavy atom. The van der Waals surface area contributed by atoms with Crippen molar-refractivity contribution in [3.63, 3.8) is 0 Å². The normalized spacial score (nSPS) is 14.1. The first kappa shape index (κ1) is 33.9. The summed E-state index contributed by atoms with van der Waals surface area (Å²) in [6, 6.07) is -4.51. The highest BCUT2D eigenvalue weighted by Crippen LogP contribution is 2.09. The minimum Gasteiger partial charge on any atom is -0.481 e. The number of nitrogens with one attached hydrogen (secondary N) is 3. The first-order chi connectivity index (χ1) is 17.3. The molecule has 14 nitrogen and oxygen atoms in total. The van der Waals surface area contributed by atoms with Crippen molar-refractivity contribution < 1.29 is 34.2 Å². The van der Waals surface area contributed by atoms with E-state index < -0.39 is 60.2 Å². The number of guanidine groups is 1. The molecule has 0 aromatic rings. The molecule has 0 saturated carbocycles. The molecule has 37 heavy (non-hydrogen) atoms. The maximum absolute atomic E-state index is 13.1. The Labute approximate surface area is 220 Å². The van der Waals surface area contributed by atoms with Gasteiger partial charge in [0.25, 0.3) is 0 Å². The number of carboxylic acids is 2. The number of carbonyl (C=O) groups excluding carboxylic acids is 3. The standard InChI is InChI=1S/C22H41N7O7S/c1-12(2)11-16(29-18(32)13(23)8-10-37-3)20(34)27-14(6-7-17(30)31)19(33)28-15(21(35)36)5-4-9-26-22(24)25/h12-16H,4-11,23H2,1-3H3,(H,27,34)(H,28,33)(H,29,32)(H,30,31)(H,35,36)(H4,24,25,26). The van der Waals surface area contributed by atoms with Gasteiger partial charge in [-0.15, -0.1) is 0 Å². The molecule has 0 bridgehead atoms. The van der Waals surface area contributed by atoms with Crippen LogP contribution in [-0.2, 0) is 24.0 Å². The van der Waals surface area contributed by atoms with Gasteiger partial charge in [0.15, 0.2) is 5.96 Å². The minimum absolute atomic E-state index is 0.00256. The van der Waals surface area contributed by atoms with E-state index in [1.807, 2.05) is 20.1 Å². The van der Waals surface area contributed by atoms with Gasteiger partial charge in [-0.25, -0.2) is 4.79 Å². The van der Waals surface area contributed by atoms with E-state index in [1.54, 1.807) is 0 Å². The van der Waals surface area contributed by atoms with Crippen molar-refractivity contribution >= 4 is 47.4 Å². The fourth-order valence-corrected chi connectivity index (χ4v) is 3.69. The van der Waals surface area contributed by atoms with Gasteiger partial charge >= 0.3 is 11.9 Å². The third-order valence-corrected chi connectivity index (χ3v) is 5.79. The van der Waals surface area contributed by atoms with Crippen LogP contribution >= 0.6 is 11.8 Å². The van der Waals surface area contributed by atoms with E-state index in [-0.39, 0.29) is 44.1 Å². The molecule has 0 saturated heterocycles. The summed E-state index contributed by atoms with van der Waals surface area (Å²) in [5, 5.41) is 25.9. The number of nitrogens with two attached hydrogens (primary N) is 3. The first-order valence-corrected chi connectivity index (χ1v) is 13.3. The number of rotatable bonds is 19. The van der Waals surface area contributed by atoms with Crippen LogP contribution in [0.4, 0.5) is 0 Å². The largest absolute Gasteiger partial charge is 0.481 e. The topological polar surface area (TPSA) is 252 Å². The van der Waals surface area contributed by atoms with E-state index in [0.717, 1.165) is 0 Å². The summed E-state index contributed by atoms with van der Waals surface area (Å²) < 4.78 is 0. The second-order valence-electron chi connectivity index (χ2n) is 8.92. The van der Waals surface area contributed by atoms with Crippen molar-refractivity contribution in [3.05, 3.63) is 0 Å². The Kier molecular flexibility index (Phi) is 16.7. The predicted molar refractivity (Wildman–Crippen MR) is 141 cm³/mol. The SMILES string of the molecule is CSCCC(N)C(=O)NC(CC(C)C)C(=O)NC(CCC(=O)O)C(=O)NC(CCCN=C(N)N)C(=O)O. The molecule has 0 rings (SSSR count). The van der Waals surface area contributed by atoms with Crippen LogP contribution in [0.5, 0.6) is 0 Å². The molecule has 4 atom stereocenters. The number of carboxylic acid groups (broad SMARTS) is 2. The lowest BCUT2D eigenvalue weighted by molar-refractivity contribution is -0.143. The zero-order chi connectivity index (χ0) is 28.5. The fourth-order valence-electron chi connectivity index (χ4n) is 3.20. The Balaban J connectivity index is 5.52. The van der Waals surface area contributed by atoms with Crippen LogP contribution in [-0.4, -0.2) is 88.6 Å². The molecule has 15 heteroatoms. The fraction of sp³-hybridized carbons (Fsp3) is 0.727.